The van der Waals surface area contributed by atoms with E-state index in [1.165, 1.54) is 0 Å². The number of nitrogens with zero attached hydrogens (tertiary/aromatic N) is 2. The number of aryl methyl sites for hydroxylation is 1. The number of carbonyl (C=O) groups is 1. The summed E-state index contributed by atoms with van der Waals surface area (Å²) in [6.07, 6.45) is 0.527. The molecule has 0 bridgehead atoms. The van der Waals surface area contributed by atoms with Crippen LogP contribution in [0.2, 0.25) is 5.02 Å². The van der Waals surface area contributed by atoms with E-state index in [9.17, 15) is 9.90 Å². The Kier molecular flexibility index (Phi) is 4.18. The topological polar surface area (TPSA) is 62.7 Å². The quantitative estimate of drug-likeness (QED) is 0.942. The summed E-state index contributed by atoms with van der Waals surface area (Å²) in [6.45, 7) is 4.98. The standard InChI is InChI=1S/C16H17ClN2O3/c1-2-12-14(16(20)21)15(17)11-4-3-10(9-13(11)18-12)19-5-7-22-8-6-19/h3-4,9H,2,5-8H2,1H3,(H,20,21). The van der Waals surface area contributed by atoms with Gasteiger partial charge in [0.1, 0.15) is 5.56 Å². The van der Waals surface area contributed by atoms with E-state index in [0.29, 0.717) is 30.7 Å². The van der Waals surface area contributed by atoms with Gasteiger partial charge in [-0.1, -0.05) is 18.5 Å². The minimum absolute atomic E-state index is 0.107. The lowest BCUT2D eigenvalue weighted by atomic mass is 10.1. The first-order valence-corrected chi connectivity index (χ1v) is 7.67. The number of ether oxygens (including phenoxy) is 1. The van der Waals surface area contributed by atoms with Crippen molar-refractivity contribution in [1.82, 2.24) is 4.98 Å². The molecular formula is C16H17ClN2O3. The van der Waals surface area contributed by atoms with E-state index in [1.54, 1.807) is 0 Å². The lowest BCUT2D eigenvalue weighted by Gasteiger charge is -2.29. The molecule has 0 amide bonds. The summed E-state index contributed by atoms with van der Waals surface area (Å²) in [5.41, 5.74) is 2.42. The Bertz CT molecular complexity index is 727. The van der Waals surface area contributed by atoms with Crippen LogP contribution in [0, 0.1) is 0 Å². The smallest absolute Gasteiger partial charge is 0.339 e. The Hall–Kier alpha value is -1.85. The molecule has 116 valence electrons. The molecule has 0 unspecified atom stereocenters. The number of pyridine rings is 1. The van der Waals surface area contributed by atoms with Crippen LogP contribution in [0.25, 0.3) is 10.9 Å². The third kappa shape index (κ3) is 2.62. The maximum Gasteiger partial charge on any atom is 0.339 e. The van der Waals surface area contributed by atoms with E-state index in [0.717, 1.165) is 24.3 Å². The molecule has 0 spiro atoms. The summed E-state index contributed by atoms with van der Waals surface area (Å²) in [5, 5.41) is 10.3. The van der Waals surface area contributed by atoms with E-state index in [4.69, 9.17) is 16.3 Å². The summed E-state index contributed by atoms with van der Waals surface area (Å²) < 4.78 is 5.36. The molecule has 0 aliphatic carbocycles. The molecule has 2 heterocycles. The molecule has 1 aromatic heterocycles. The highest BCUT2D eigenvalue weighted by Gasteiger charge is 2.19. The second-order valence-corrected chi connectivity index (χ2v) is 5.59. The minimum atomic E-state index is -1.03. The Morgan fingerprint density at radius 2 is 2.14 bits per heavy atom. The van der Waals surface area contributed by atoms with Crippen LogP contribution in [0.3, 0.4) is 0 Å². The lowest BCUT2D eigenvalue weighted by Crippen LogP contribution is -2.36. The van der Waals surface area contributed by atoms with Crippen LogP contribution in [0.5, 0.6) is 0 Å². The summed E-state index contributed by atoms with van der Waals surface area (Å²) >= 11 is 6.30. The number of carboxylic acids is 1. The van der Waals surface area contributed by atoms with Crippen LogP contribution >= 0.6 is 11.6 Å². The maximum absolute atomic E-state index is 11.4. The van der Waals surface area contributed by atoms with E-state index in [1.807, 2.05) is 25.1 Å². The molecule has 1 aromatic carbocycles. The van der Waals surface area contributed by atoms with Gasteiger partial charge < -0.3 is 14.7 Å². The Morgan fingerprint density at radius 3 is 2.77 bits per heavy atom. The molecule has 0 atom stereocenters. The fourth-order valence-corrected chi connectivity index (χ4v) is 3.10. The van der Waals surface area contributed by atoms with Gasteiger partial charge in [0.05, 0.1) is 29.4 Å². The number of benzene rings is 1. The van der Waals surface area contributed by atoms with Crippen molar-refractivity contribution in [2.45, 2.75) is 13.3 Å². The predicted molar refractivity (Wildman–Crippen MR) is 86.1 cm³/mol. The number of halogens is 1. The molecule has 2 aromatic rings. The zero-order valence-electron chi connectivity index (χ0n) is 12.3. The summed E-state index contributed by atoms with van der Waals surface area (Å²) in [5.74, 6) is -1.03. The van der Waals surface area contributed by atoms with Gasteiger partial charge >= 0.3 is 5.97 Å². The molecule has 1 saturated heterocycles. The Labute approximate surface area is 133 Å². The lowest BCUT2D eigenvalue weighted by molar-refractivity contribution is 0.0695. The van der Waals surface area contributed by atoms with Crippen molar-refractivity contribution in [3.8, 4) is 0 Å². The largest absolute Gasteiger partial charge is 0.478 e. The van der Waals surface area contributed by atoms with Crippen molar-refractivity contribution in [3.05, 3.63) is 34.5 Å². The zero-order valence-corrected chi connectivity index (χ0v) is 13.1. The van der Waals surface area contributed by atoms with Crippen molar-refractivity contribution in [2.24, 2.45) is 0 Å². The van der Waals surface area contributed by atoms with Crippen molar-refractivity contribution >= 4 is 34.2 Å². The number of anilines is 1. The number of aromatic carboxylic acids is 1. The van der Waals surface area contributed by atoms with Gasteiger partial charge in [-0.15, -0.1) is 0 Å². The van der Waals surface area contributed by atoms with Crippen LogP contribution in [-0.4, -0.2) is 42.4 Å². The second kappa shape index (κ2) is 6.10. The predicted octanol–water partition coefficient (Wildman–Crippen LogP) is 2.99. The SMILES string of the molecule is CCc1nc2cc(N3CCOCC3)ccc2c(Cl)c1C(=O)O. The maximum atomic E-state index is 11.4. The van der Waals surface area contributed by atoms with Crippen molar-refractivity contribution in [3.63, 3.8) is 0 Å². The highest BCUT2D eigenvalue weighted by atomic mass is 35.5. The highest BCUT2D eigenvalue weighted by molar-refractivity contribution is 6.38. The first-order chi connectivity index (χ1) is 10.6. The first-order valence-electron chi connectivity index (χ1n) is 7.30. The zero-order chi connectivity index (χ0) is 15.7. The van der Waals surface area contributed by atoms with Crippen LogP contribution in [0.1, 0.15) is 23.0 Å². The Balaban J connectivity index is 2.12. The van der Waals surface area contributed by atoms with E-state index >= 15 is 0 Å². The molecule has 3 rings (SSSR count). The number of aromatic nitrogens is 1. The van der Waals surface area contributed by atoms with Gasteiger partial charge in [0.2, 0.25) is 0 Å². The molecule has 0 saturated carbocycles. The Morgan fingerprint density at radius 1 is 1.41 bits per heavy atom. The van der Waals surface area contributed by atoms with E-state index in [2.05, 4.69) is 9.88 Å². The molecule has 0 radical (unpaired) electrons. The number of rotatable bonds is 3. The van der Waals surface area contributed by atoms with Gasteiger partial charge in [0.15, 0.2) is 0 Å². The third-order valence-corrected chi connectivity index (χ3v) is 4.30. The number of hydrogen-bond donors (Lipinski definition) is 1. The average Bonchev–Trinajstić information content (AvgIpc) is 2.54. The van der Waals surface area contributed by atoms with Crippen molar-refractivity contribution in [1.29, 1.82) is 0 Å². The van der Waals surface area contributed by atoms with Gasteiger partial charge in [0, 0.05) is 24.2 Å². The number of carboxylic acid groups (broad SMARTS) is 1. The van der Waals surface area contributed by atoms with Crippen LogP contribution in [-0.2, 0) is 11.2 Å². The number of fused-ring (bicyclic) bond motifs is 1. The van der Waals surface area contributed by atoms with E-state index < -0.39 is 5.97 Å². The molecule has 22 heavy (non-hydrogen) atoms. The number of hydrogen-bond acceptors (Lipinski definition) is 4. The summed E-state index contributed by atoms with van der Waals surface area (Å²) in [6, 6.07) is 5.77. The van der Waals surface area contributed by atoms with Crippen molar-refractivity contribution < 1.29 is 14.6 Å². The van der Waals surface area contributed by atoms with Crippen LogP contribution in [0.15, 0.2) is 18.2 Å². The van der Waals surface area contributed by atoms with Crippen LogP contribution in [0.4, 0.5) is 5.69 Å². The van der Waals surface area contributed by atoms with Crippen molar-refractivity contribution in [2.75, 3.05) is 31.2 Å². The summed E-state index contributed by atoms with van der Waals surface area (Å²) in [4.78, 5) is 18.2. The highest BCUT2D eigenvalue weighted by Crippen LogP contribution is 2.31. The molecular weight excluding hydrogens is 304 g/mol. The second-order valence-electron chi connectivity index (χ2n) is 5.21. The molecule has 5 nitrogen and oxygen atoms in total. The fraction of sp³-hybridized carbons (Fsp3) is 0.375. The monoisotopic (exact) mass is 320 g/mol. The fourth-order valence-electron chi connectivity index (χ4n) is 2.75. The first kappa shape index (κ1) is 15.1. The van der Waals surface area contributed by atoms with E-state index in [-0.39, 0.29) is 10.6 Å². The summed E-state index contributed by atoms with van der Waals surface area (Å²) in [7, 11) is 0. The number of morpholine rings is 1. The van der Waals surface area contributed by atoms with Gasteiger partial charge in [-0.05, 0) is 24.6 Å². The average molecular weight is 321 g/mol. The minimum Gasteiger partial charge on any atom is -0.478 e. The van der Waals surface area contributed by atoms with Gasteiger partial charge in [-0.25, -0.2) is 4.79 Å². The molecule has 1 aliphatic rings. The normalized spacial score (nSPS) is 15.3. The third-order valence-electron chi connectivity index (χ3n) is 3.91. The molecule has 1 fully saturated rings. The van der Waals surface area contributed by atoms with Gasteiger partial charge in [-0.3, -0.25) is 4.98 Å². The molecule has 6 heteroatoms. The molecule has 1 N–H and O–H groups in total. The van der Waals surface area contributed by atoms with Gasteiger partial charge in [0.25, 0.3) is 0 Å². The molecule has 1 aliphatic heterocycles. The van der Waals surface area contributed by atoms with Crippen LogP contribution < -0.4 is 4.90 Å². The van der Waals surface area contributed by atoms with Gasteiger partial charge in [-0.2, -0.15) is 0 Å².